The summed E-state index contributed by atoms with van der Waals surface area (Å²) >= 11 is 0. The normalized spacial score (nSPS) is 18.4. The molecular formula is C16H15N3O3. The molecule has 1 saturated heterocycles. The summed E-state index contributed by atoms with van der Waals surface area (Å²) in [6, 6.07) is 11.4. The zero-order chi connectivity index (χ0) is 15.1. The smallest absolute Gasteiger partial charge is 0.327 e. The molecule has 4 rings (SSSR count). The zero-order valence-corrected chi connectivity index (χ0v) is 11.9. The fourth-order valence-corrected chi connectivity index (χ4v) is 2.67. The summed E-state index contributed by atoms with van der Waals surface area (Å²) in [5.41, 5.74) is 1.50. The number of aromatic nitrogens is 1. The third-order valence-electron chi connectivity index (χ3n) is 4.01. The Balaban J connectivity index is 1.51. The van der Waals surface area contributed by atoms with E-state index in [1.54, 1.807) is 11.0 Å². The molecule has 0 spiro atoms. The minimum atomic E-state index is -0.211. The van der Waals surface area contributed by atoms with E-state index in [-0.39, 0.29) is 31.1 Å². The van der Waals surface area contributed by atoms with Gasteiger partial charge < -0.3 is 9.42 Å². The van der Waals surface area contributed by atoms with Crippen LogP contribution in [0.2, 0.25) is 0 Å². The topological polar surface area (TPSA) is 66.7 Å². The molecule has 0 unspecified atom stereocenters. The van der Waals surface area contributed by atoms with Crippen molar-refractivity contribution in [3.8, 4) is 11.3 Å². The van der Waals surface area contributed by atoms with Gasteiger partial charge in [0.15, 0.2) is 5.76 Å². The highest BCUT2D eigenvalue weighted by Gasteiger charge is 2.43. The molecule has 2 aromatic rings. The highest BCUT2D eigenvalue weighted by atomic mass is 16.5. The fourth-order valence-electron chi connectivity index (χ4n) is 2.67. The number of amides is 3. The lowest BCUT2D eigenvalue weighted by Crippen LogP contribution is -2.33. The molecule has 2 fully saturated rings. The maximum absolute atomic E-state index is 12.3. The fraction of sp³-hybridized carbons (Fsp3) is 0.312. The Labute approximate surface area is 127 Å². The number of carbonyl (C=O) groups excluding carboxylic acids is 2. The molecule has 1 aromatic heterocycles. The third-order valence-corrected chi connectivity index (χ3v) is 4.01. The molecule has 0 atom stereocenters. The van der Waals surface area contributed by atoms with Crippen LogP contribution in [0.15, 0.2) is 40.9 Å². The van der Waals surface area contributed by atoms with E-state index in [2.05, 4.69) is 5.16 Å². The average Bonchev–Trinajstić information content (AvgIpc) is 3.21. The van der Waals surface area contributed by atoms with Crippen molar-refractivity contribution in [3.05, 3.63) is 42.1 Å². The van der Waals surface area contributed by atoms with Crippen LogP contribution < -0.4 is 0 Å². The summed E-state index contributed by atoms with van der Waals surface area (Å²) in [5.74, 6) is 0.468. The van der Waals surface area contributed by atoms with E-state index >= 15 is 0 Å². The van der Waals surface area contributed by atoms with Crippen LogP contribution in [-0.4, -0.2) is 39.5 Å². The number of hydrogen-bond acceptors (Lipinski definition) is 4. The molecule has 6 nitrogen and oxygen atoms in total. The van der Waals surface area contributed by atoms with Gasteiger partial charge in [-0.2, -0.15) is 0 Å². The molecule has 3 amide bonds. The van der Waals surface area contributed by atoms with E-state index in [4.69, 9.17) is 4.52 Å². The van der Waals surface area contributed by atoms with E-state index in [9.17, 15) is 9.59 Å². The Morgan fingerprint density at radius 2 is 1.95 bits per heavy atom. The summed E-state index contributed by atoms with van der Waals surface area (Å²) in [5, 5.41) is 3.97. The van der Waals surface area contributed by atoms with Crippen molar-refractivity contribution in [1.29, 1.82) is 0 Å². The number of nitrogens with zero attached hydrogens (tertiary/aromatic N) is 3. The molecule has 22 heavy (non-hydrogen) atoms. The van der Waals surface area contributed by atoms with Crippen molar-refractivity contribution in [2.24, 2.45) is 0 Å². The second-order valence-electron chi connectivity index (χ2n) is 5.67. The Hall–Kier alpha value is -2.63. The highest BCUT2D eigenvalue weighted by Crippen LogP contribution is 2.31. The molecule has 6 heteroatoms. The van der Waals surface area contributed by atoms with Crippen LogP contribution in [0.1, 0.15) is 18.5 Å². The predicted octanol–water partition coefficient (Wildman–Crippen LogP) is 2.27. The third kappa shape index (κ3) is 2.26. The van der Waals surface area contributed by atoms with E-state index in [0.717, 1.165) is 18.4 Å². The lowest BCUT2D eigenvalue weighted by molar-refractivity contribution is -0.125. The van der Waals surface area contributed by atoms with Gasteiger partial charge >= 0.3 is 6.03 Å². The molecule has 112 valence electrons. The molecule has 1 aromatic carbocycles. The van der Waals surface area contributed by atoms with Gasteiger partial charge in [-0.3, -0.25) is 9.69 Å². The Bertz CT molecular complexity index is 721. The monoisotopic (exact) mass is 297 g/mol. The van der Waals surface area contributed by atoms with E-state index < -0.39 is 0 Å². The number of hydrogen-bond donors (Lipinski definition) is 0. The van der Waals surface area contributed by atoms with Gasteiger partial charge in [-0.15, -0.1) is 0 Å². The van der Waals surface area contributed by atoms with Crippen molar-refractivity contribution >= 4 is 11.9 Å². The summed E-state index contributed by atoms with van der Waals surface area (Å²) in [6.07, 6.45) is 1.99. The molecular weight excluding hydrogens is 282 g/mol. The molecule has 1 saturated carbocycles. The second kappa shape index (κ2) is 4.98. The molecule has 1 aliphatic carbocycles. The van der Waals surface area contributed by atoms with E-state index in [0.29, 0.717) is 11.5 Å². The second-order valence-corrected chi connectivity index (χ2v) is 5.67. The molecule has 2 aliphatic rings. The minimum Gasteiger partial charge on any atom is -0.356 e. The van der Waals surface area contributed by atoms with Crippen molar-refractivity contribution in [3.63, 3.8) is 0 Å². The Kier molecular flexibility index (Phi) is 2.96. The quantitative estimate of drug-likeness (QED) is 0.812. The van der Waals surface area contributed by atoms with Crippen LogP contribution in [0, 0.1) is 0 Å². The van der Waals surface area contributed by atoms with Crippen molar-refractivity contribution in [1.82, 2.24) is 15.0 Å². The van der Waals surface area contributed by atoms with Crippen LogP contribution >= 0.6 is 0 Å². The largest absolute Gasteiger partial charge is 0.356 e. The summed E-state index contributed by atoms with van der Waals surface area (Å²) in [4.78, 5) is 27.2. The predicted molar refractivity (Wildman–Crippen MR) is 77.6 cm³/mol. The average molecular weight is 297 g/mol. The summed E-state index contributed by atoms with van der Waals surface area (Å²) < 4.78 is 5.31. The number of imide groups is 1. The van der Waals surface area contributed by atoms with Gasteiger partial charge in [-0.25, -0.2) is 4.79 Å². The van der Waals surface area contributed by atoms with Crippen molar-refractivity contribution in [2.45, 2.75) is 25.4 Å². The van der Waals surface area contributed by atoms with Gasteiger partial charge in [0.05, 0.1) is 6.54 Å². The summed E-state index contributed by atoms with van der Waals surface area (Å²) in [7, 11) is 0. The van der Waals surface area contributed by atoms with Crippen LogP contribution in [0.25, 0.3) is 11.3 Å². The number of carbonyl (C=O) groups is 2. The van der Waals surface area contributed by atoms with Gasteiger partial charge in [-0.05, 0) is 12.8 Å². The van der Waals surface area contributed by atoms with Gasteiger partial charge in [0.1, 0.15) is 12.2 Å². The van der Waals surface area contributed by atoms with Crippen LogP contribution in [-0.2, 0) is 11.3 Å². The van der Waals surface area contributed by atoms with Gasteiger partial charge in [0, 0.05) is 17.7 Å². The molecule has 2 heterocycles. The molecule has 0 N–H and O–H groups in total. The Morgan fingerprint density at radius 1 is 1.18 bits per heavy atom. The van der Waals surface area contributed by atoms with Crippen molar-refractivity contribution < 1.29 is 14.1 Å². The van der Waals surface area contributed by atoms with E-state index in [1.807, 2.05) is 30.3 Å². The van der Waals surface area contributed by atoms with Gasteiger partial charge in [0.25, 0.3) is 5.91 Å². The van der Waals surface area contributed by atoms with Crippen LogP contribution in [0.5, 0.6) is 0 Å². The number of urea groups is 1. The first-order chi connectivity index (χ1) is 10.7. The lowest BCUT2D eigenvalue weighted by Gasteiger charge is -2.15. The standard InChI is InChI=1S/C16H15N3O3/c20-15-10-18(13-6-7-13)16(21)19(15)9-12-8-14(22-17-12)11-4-2-1-3-5-11/h1-5,8,13H,6-7,9-10H2. The number of benzene rings is 1. The van der Waals surface area contributed by atoms with Crippen LogP contribution in [0.3, 0.4) is 0 Å². The van der Waals surface area contributed by atoms with Crippen LogP contribution in [0.4, 0.5) is 4.79 Å². The lowest BCUT2D eigenvalue weighted by atomic mass is 10.1. The van der Waals surface area contributed by atoms with Gasteiger partial charge in [-0.1, -0.05) is 35.5 Å². The molecule has 0 radical (unpaired) electrons. The van der Waals surface area contributed by atoms with Crippen molar-refractivity contribution in [2.75, 3.05) is 6.54 Å². The maximum atomic E-state index is 12.3. The highest BCUT2D eigenvalue weighted by molar-refractivity contribution is 6.02. The summed E-state index contributed by atoms with van der Waals surface area (Å²) in [6.45, 7) is 0.351. The Morgan fingerprint density at radius 3 is 2.68 bits per heavy atom. The van der Waals surface area contributed by atoms with E-state index in [1.165, 1.54) is 4.90 Å². The maximum Gasteiger partial charge on any atom is 0.327 e. The first-order valence-corrected chi connectivity index (χ1v) is 7.34. The first-order valence-electron chi connectivity index (χ1n) is 7.34. The first kappa shape index (κ1) is 13.1. The minimum absolute atomic E-state index is 0.164. The molecule has 1 aliphatic heterocycles. The molecule has 0 bridgehead atoms. The zero-order valence-electron chi connectivity index (χ0n) is 11.9. The number of rotatable bonds is 4. The van der Waals surface area contributed by atoms with Gasteiger partial charge in [0.2, 0.25) is 0 Å². The SMILES string of the molecule is O=C1CN(C2CC2)C(=O)N1Cc1cc(-c2ccccc2)on1.